The summed E-state index contributed by atoms with van der Waals surface area (Å²) in [5, 5.41) is 9.06. The van der Waals surface area contributed by atoms with E-state index < -0.39 is 12.5 Å². The first-order chi connectivity index (χ1) is 6.52. The van der Waals surface area contributed by atoms with Crippen LogP contribution in [0, 0.1) is 0 Å². The van der Waals surface area contributed by atoms with E-state index in [4.69, 9.17) is 5.11 Å². The van der Waals surface area contributed by atoms with E-state index in [0.29, 0.717) is 0 Å². The van der Waals surface area contributed by atoms with Gasteiger partial charge in [-0.25, -0.2) is 8.78 Å². The molecule has 1 rings (SSSR count). The van der Waals surface area contributed by atoms with Gasteiger partial charge in [0.05, 0.1) is 0 Å². The summed E-state index contributed by atoms with van der Waals surface area (Å²) in [5.74, 6) is 0. The molecule has 2 nitrogen and oxygen atoms in total. The zero-order valence-corrected chi connectivity index (χ0v) is 8.11. The van der Waals surface area contributed by atoms with Crippen molar-refractivity contribution < 1.29 is 13.9 Å². The normalized spacial score (nSPS) is 13.0. The molecule has 1 atom stereocenters. The summed E-state index contributed by atoms with van der Waals surface area (Å²) >= 11 is 0. The number of aliphatic hydroxyl groups excluding tert-OH is 1. The molecule has 14 heavy (non-hydrogen) atoms. The van der Waals surface area contributed by atoms with Gasteiger partial charge in [-0.3, -0.25) is 0 Å². The van der Waals surface area contributed by atoms with Gasteiger partial charge in [0.2, 0.25) is 0 Å². The molecular formula is C10H13F2NO. The fourth-order valence-corrected chi connectivity index (χ4v) is 1.12. The first-order valence-corrected chi connectivity index (χ1v) is 4.26. The maximum absolute atomic E-state index is 12.1. The fraction of sp³-hybridized carbons (Fsp3) is 0.400. The van der Waals surface area contributed by atoms with E-state index in [1.165, 1.54) is 12.1 Å². The van der Waals surface area contributed by atoms with Gasteiger partial charge in [-0.2, -0.15) is 0 Å². The molecule has 0 bridgehead atoms. The average molecular weight is 201 g/mol. The Labute approximate surface area is 81.8 Å². The van der Waals surface area contributed by atoms with Crippen molar-refractivity contribution in [1.29, 1.82) is 0 Å². The van der Waals surface area contributed by atoms with Crippen LogP contribution in [0.3, 0.4) is 0 Å². The Balaban J connectivity index is 2.83. The van der Waals surface area contributed by atoms with Crippen molar-refractivity contribution in [2.75, 3.05) is 19.0 Å². The van der Waals surface area contributed by atoms with Gasteiger partial charge in [0.1, 0.15) is 6.10 Å². The predicted molar refractivity (Wildman–Crippen MR) is 51.7 cm³/mol. The van der Waals surface area contributed by atoms with E-state index in [1.54, 1.807) is 12.1 Å². The maximum atomic E-state index is 12.1. The number of aliphatic hydroxyl groups is 1. The van der Waals surface area contributed by atoms with Crippen molar-refractivity contribution in [2.45, 2.75) is 12.5 Å². The summed E-state index contributed by atoms with van der Waals surface area (Å²) in [7, 11) is 3.72. The second kappa shape index (κ2) is 4.37. The lowest BCUT2D eigenvalue weighted by Crippen LogP contribution is -2.10. The third-order valence-electron chi connectivity index (χ3n) is 1.99. The van der Waals surface area contributed by atoms with Crippen LogP contribution in [0.4, 0.5) is 14.5 Å². The molecule has 0 aliphatic rings. The van der Waals surface area contributed by atoms with Gasteiger partial charge in [-0.15, -0.1) is 0 Å². The number of rotatable bonds is 3. The molecule has 78 valence electrons. The van der Waals surface area contributed by atoms with Gasteiger partial charge in [0, 0.05) is 19.8 Å². The largest absolute Gasteiger partial charge is 0.382 e. The lowest BCUT2D eigenvalue weighted by Gasteiger charge is -2.14. The molecule has 1 N–H and O–H groups in total. The zero-order valence-electron chi connectivity index (χ0n) is 8.11. The summed E-state index contributed by atoms with van der Waals surface area (Å²) in [6.45, 7) is 0. The molecule has 0 saturated carbocycles. The highest BCUT2D eigenvalue weighted by molar-refractivity contribution is 5.46. The Morgan fingerprint density at radius 1 is 1.14 bits per heavy atom. The first kappa shape index (κ1) is 10.9. The SMILES string of the molecule is CN(C)c1ccc(C(O)C(F)F)cc1. The third-order valence-corrected chi connectivity index (χ3v) is 1.99. The smallest absolute Gasteiger partial charge is 0.268 e. The summed E-state index contributed by atoms with van der Waals surface area (Å²) in [6.07, 6.45) is -4.42. The number of hydrogen-bond donors (Lipinski definition) is 1. The van der Waals surface area contributed by atoms with Crippen LogP contribution in [0.1, 0.15) is 11.7 Å². The van der Waals surface area contributed by atoms with E-state index in [-0.39, 0.29) is 5.56 Å². The van der Waals surface area contributed by atoms with Crippen molar-refractivity contribution in [3.8, 4) is 0 Å². The van der Waals surface area contributed by atoms with Crippen molar-refractivity contribution in [3.63, 3.8) is 0 Å². The van der Waals surface area contributed by atoms with E-state index in [9.17, 15) is 8.78 Å². The highest BCUT2D eigenvalue weighted by Crippen LogP contribution is 2.22. The van der Waals surface area contributed by atoms with Crippen LogP contribution in [-0.4, -0.2) is 25.6 Å². The molecule has 4 heteroatoms. The van der Waals surface area contributed by atoms with Crippen LogP contribution in [0.5, 0.6) is 0 Å². The highest BCUT2D eigenvalue weighted by atomic mass is 19.3. The second-order valence-electron chi connectivity index (χ2n) is 3.27. The zero-order chi connectivity index (χ0) is 10.7. The van der Waals surface area contributed by atoms with Crippen LogP contribution < -0.4 is 4.90 Å². The van der Waals surface area contributed by atoms with E-state index >= 15 is 0 Å². The summed E-state index contributed by atoms with van der Waals surface area (Å²) < 4.78 is 24.2. The van der Waals surface area contributed by atoms with Gasteiger partial charge in [-0.05, 0) is 17.7 Å². The lowest BCUT2D eigenvalue weighted by molar-refractivity contribution is -0.00577. The van der Waals surface area contributed by atoms with E-state index in [0.717, 1.165) is 5.69 Å². The molecule has 0 aliphatic carbocycles. The average Bonchev–Trinajstić information content (AvgIpc) is 2.16. The number of hydrogen-bond acceptors (Lipinski definition) is 2. The number of benzene rings is 1. The second-order valence-corrected chi connectivity index (χ2v) is 3.27. The topological polar surface area (TPSA) is 23.5 Å². The Morgan fingerprint density at radius 3 is 2.00 bits per heavy atom. The molecule has 0 amide bonds. The minimum atomic E-state index is -2.74. The molecule has 0 aliphatic heterocycles. The quantitative estimate of drug-likeness (QED) is 0.809. The molecule has 0 heterocycles. The Bertz CT molecular complexity index is 285. The van der Waals surface area contributed by atoms with Crippen molar-refractivity contribution in [2.24, 2.45) is 0 Å². The van der Waals surface area contributed by atoms with Gasteiger partial charge in [0.25, 0.3) is 6.43 Å². The molecular weight excluding hydrogens is 188 g/mol. The standard InChI is InChI=1S/C10H13F2NO/c1-13(2)8-5-3-7(4-6-8)9(14)10(11)12/h3-6,9-10,14H,1-2H3. The minimum absolute atomic E-state index is 0.241. The van der Waals surface area contributed by atoms with Crippen LogP contribution in [0.15, 0.2) is 24.3 Å². The van der Waals surface area contributed by atoms with Gasteiger partial charge >= 0.3 is 0 Å². The maximum Gasteiger partial charge on any atom is 0.268 e. The minimum Gasteiger partial charge on any atom is -0.382 e. The number of alkyl halides is 2. The van der Waals surface area contributed by atoms with Gasteiger partial charge in [0.15, 0.2) is 0 Å². The number of halogens is 2. The summed E-state index contributed by atoms with van der Waals surface area (Å²) in [4.78, 5) is 1.86. The van der Waals surface area contributed by atoms with Crippen molar-refractivity contribution >= 4 is 5.69 Å². The molecule has 0 saturated heterocycles. The Morgan fingerprint density at radius 2 is 1.64 bits per heavy atom. The highest BCUT2D eigenvalue weighted by Gasteiger charge is 2.18. The van der Waals surface area contributed by atoms with E-state index in [2.05, 4.69) is 0 Å². The molecule has 0 radical (unpaired) electrons. The number of anilines is 1. The van der Waals surface area contributed by atoms with Crippen LogP contribution in [-0.2, 0) is 0 Å². The monoisotopic (exact) mass is 201 g/mol. The van der Waals surface area contributed by atoms with Crippen LogP contribution in [0.2, 0.25) is 0 Å². The molecule has 1 unspecified atom stereocenters. The Kier molecular flexibility index (Phi) is 3.41. The number of nitrogens with zero attached hydrogens (tertiary/aromatic N) is 1. The Hall–Kier alpha value is -1.16. The van der Waals surface area contributed by atoms with Gasteiger partial charge in [-0.1, -0.05) is 12.1 Å². The third kappa shape index (κ3) is 2.42. The molecule has 0 fully saturated rings. The first-order valence-electron chi connectivity index (χ1n) is 4.26. The predicted octanol–water partition coefficient (Wildman–Crippen LogP) is 2.05. The van der Waals surface area contributed by atoms with Crippen LogP contribution >= 0.6 is 0 Å². The van der Waals surface area contributed by atoms with Crippen molar-refractivity contribution in [1.82, 2.24) is 0 Å². The lowest BCUT2D eigenvalue weighted by atomic mass is 10.1. The van der Waals surface area contributed by atoms with Crippen LogP contribution in [0.25, 0.3) is 0 Å². The van der Waals surface area contributed by atoms with Gasteiger partial charge < -0.3 is 10.0 Å². The molecule has 1 aromatic rings. The van der Waals surface area contributed by atoms with E-state index in [1.807, 2.05) is 19.0 Å². The summed E-state index contributed by atoms with van der Waals surface area (Å²) in [5.41, 5.74) is 1.15. The fourth-order valence-electron chi connectivity index (χ4n) is 1.12. The summed E-state index contributed by atoms with van der Waals surface area (Å²) in [6, 6.07) is 6.40. The molecule has 1 aromatic carbocycles. The molecule has 0 spiro atoms. The van der Waals surface area contributed by atoms with Crippen molar-refractivity contribution in [3.05, 3.63) is 29.8 Å². The molecule has 0 aromatic heterocycles.